The number of aromatic nitrogens is 3. The molecule has 8 heteroatoms. The number of nitrogens with one attached hydrogen (secondary N) is 2. The zero-order valence-corrected chi connectivity index (χ0v) is 15.4. The summed E-state index contributed by atoms with van der Waals surface area (Å²) in [5.74, 6) is -0.395. The van der Waals surface area contributed by atoms with Crippen molar-refractivity contribution in [2.45, 2.75) is 13.0 Å². The van der Waals surface area contributed by atoms with Crippen molar-refractivity contribution in [1.29, 1.82) is 0 Å². The molecule has 0 radical (unpaired) electrons. The van der Waals surface area contributed by atoms with Crippen LogP contribution in [-0.2, 0) is 13.0 Å². The number of rotatable bonds is 7. The predicted octanol–water partition coefficient (Wildman–Crippen LogP) is 1.47. The summed E-state index contributed by atoms with van der Waals surface area (Å²) in [6.45, 7) is 0.297. The molecule has 2 heterocycles. The van der Waals surface area contributed by atoms with Crippen molar-refractivity contribution in [3.05, 3.63) is 77.2 Å². The summed E-state index contributed by atoms with van der Waals surface area (Å²) >= 11 is 0. The van der Waals surface area contributed by atoms with E-state index < -0.39 is 5.91 Å². The average Bonchev–Trinajstić information content (AvgIpc) is 3.15. The van der Waals surface area contributed by atoms with Crippen LogP contribution >= 0.6 is 0 Å². The van der Waals surface area contributed by atoms with Crippen molar-refractivity contribution < 1.29 is 14.7 Å². The van der Waals surface area contributed by atoms with Crippen molar-refractivity contribution in [1.82, 2.24) is 20.1 Å². The molecule has 2 amide bonds. The summed E-state index contributed by atoms with van der Waals surface area (Å²) in [5.41, 5.74) is 2.13. The molecule has 144 valence electrons. The Morgan fingerprint density at radius 1 is 1.11 bits per heavy atom. The van der Waals surface area contributed by atoms with Crippen LogP contribution in [-0.4, -0.2) is 45.3 Å². The number of aliphatic hydroxyl groups excluding tert-OH is 1. The van der Waals surface area contributed by atoms with Crippen LogP contribution in [0.15, 0.2) is 54.7 Å². The molecular formula is C20H21N5O3. The number of amides is 2. The van der Waals surface area contributed by atoms with Gasteiger partial charge in [-0.25, -0.2) is 4.98 Å². The van der Waals surface area contributed by atoms with Gasteiger partial charge in [-0.1, -0.05) is 30.3 Å². The zero-order valence-electron chi connectivity index (χ0n) is 15.4. The Morgan fingerprint density at radius 2 is 1.89 bits per heavy atom. The fourth-order valence-electron chi connectivity index (χ4n) is 2.70. The van der Waals surface area contributed by atoms with Crippen molar-refractivity contribution in [3.8, 4) is 0 Å². The van der Waals surface area contributed by atoms with Crippen molar-refractivity contribution >= 4 is 17.6 Å². The Hall–Kier alpha value is -3.52. The van der Waals surface area contributed by atoms with Gasteiger partial charge in [-0.2, -0.15) is 5.10 Å². The molecular weight excluding hydrogens is 358 g/mol. The number of pyridine rings is 1. The molecule has 1 aromatic carbocycles. The molecule has 3 N–H and O–H groups in total. The maximum absolute atomic E-state index is 12.7. The van der Waals surface area contributed by atoms with Gasteiger partial charge in [0.1, 0.15) is 5.69 Å². The molecule has 28 heavy (non-hydrogen) atoms. The van der Waals surface area contributed by atoms with Gasteiger partial charge in [0.25, 0.3) is 11.8 Å². The minimum absolute atomic E-state index is 0.0439. The molecule has 2 aromatic heterocycles. The van der Waals surface area contributed by atoms with Gasteiger partial charge in [-0.15, -0.1) is 0 Å². The van der Waals surface area contributed by atoms with Crippen LogP contribution in [0.1, 0.15) is 32.1 Å². The van der Waals surface area contributed by atoms with Crippen LogP contribution in [0.25, 0.3) is 0 Å². The first-order valence-corrected chi connectivity index (χ1v) is 8.81. The molecule has 0 bridgehead atoms. The predicted molar refractivity (Wildman–Crippen MR) is 104 cm³/mol. The summed E-state index contributed by atoms with van der Waals surface area (Å²) in [6.07, 6.45) is 2.16. The summed E-state index contributed by atoms with van der Waals surface area (Å²) in [4.78, 5) is 29.1. The van der Waals surface area contributed by atoms with E-state index in [4.69, 9.17) is 5.11 Å². The quantitative estimate of drug-likeness (QED) is 0.576. The average molecular weight is 379 g/mol. The van der Waals surface area contributed by atoms with Crippen LogP contribution in [0.4, 0.5) is 5.82 Å². The van der Waals surface area contributed by atoms with Crippen LogP contribution in [0.5, 0.6) is 0 Å². The lowest BCUT2D eigenvalue weighted by Crippen LogP contribution is -2.22. The van der Waals surface area contributed by atoms with Gasteiger partial charge in [0.2, 0.25) is 0 Å². The Morgan fingerprint density at radius 3 is 2.61 bits per heavy atom. The third-order valence-corrected chi connectivity index (χ3v) is 4.04. The summed E-state index contributed by atoms with van der Waals surface area (Å²) in [5, 5.41) is 18.3. The van der Waals surface area contributed by atoms with Crippen LogP contribution < -0.4 is 10.6 Å². The second-order valence-corrected chi connectivity index (χ2v) is 6.12. The molecule has 0 unspecified atom stereocenters. The highest BCUT2D eigenvalue weighted by Crippen LogP contribution is 2.14. The van der Waals surface area contributed by atoms with Gasteiger partial charge >= 0.3 is 0 Å². The molecule has 0 saturated carbocycles. The minimum atomic E-state index is -0.392. The van der Waals surface area contributed by atoms with E-state index in [1.807, 2.05) is 30.3 Å². The summed E-state index contributed by atoms with van der Waals surface area (Å²) in [6, 6.07) is 14.4. The molecule has 0 spiro atoms. The lowest BCUT2D eigenvalue weighted by atomic mass is 10.1. The number of carbonyl (C=O) groups excluding carboxylic acids is 2. The van der Waals surface area contributed by atoms with Gasteiger partial charge in [-0.3, -0.25) is 14.3 Å². The SMILES string of the molecule is CNC(=O)c1cc(C(=O)Nc2ccn(CCO)n2)cc(Cc2ccccc2)n1. The minimum Gasteiger partial charge on any atom is -0.394 e. The monoisotopic (exact) mass is 379 g/mol. The van der Waals surface area contributed by atoms with Gasteiger partial charge in [0.15, 0.2) is 5.82 Å². The second kappa shape index (κ2) is 8.92. The van der Waals surface area contributed by atoms with Gasteiger partial charge in [-0.05, 0) is 17.7 Å². The standard InChI is InChI=1S/C20H21N5O3/c1-21-20(28)17-13-15(12-16(22-17)11-14-5-3-2-4-6-14)19(27)23-18-7-8-25(24-18)9-10-26/h2-8,12-13,26H,9-11H2,1H3,(H,21,28)(H,23,24,27). The van der Waals surface area contributed by atoms with Gasteiger partial charge < -0.3 is 15.7 Å². The number of hydrogen-bond donors (Lipinski definition) is 3. The molecule has 0 aliphatic carbocycles. The fraction of sp³-hybridized carbons (Fsp3) is 0.200. The molecule has 0 fully saturated rings. The molecule has 8 nitrogen and oxygen atoms in total. The first-order chi connectivity index (χ1) is 13.6. The summed E-state index contributed by atoms with van der Waals surface area (Å²) in [7, 11) is 1.52. The number of nitrogens with zero attached hydrogens (tertiary/aromatic N) is 3. The van der Waals surface area contributed by atoms with E-state index in [0.29, 0.717) is 30.0 Å². The molecule has 0 saturated heterocycles. The van der Waals surface area contributed by atoms with E-state index in [9.17, 15) is 9.59 Å². The van der Waals surface area contributed by atoms with Gasteiger partial charge in [0, 0.05) is 37.0 Å². The maximum atomic E-state index is 12.7. The lowest BCUT2D eigenvalue weighted by molar-refractivity contribution is 0.0958. The molecule has 0 aliphatic heterocycles. The third kappa shape index (κ3) is 4.80. The van der Waals surface area contributed by atoms with Crippen molar-refractivity contribution in [2.24, 2.45) is 0 Å². The molecule has 3 rings (SSSR count). The maximum Gasteiger partial charge on any atom is 0.269 e. The Balaban J connectivity index is 1.86. The van der Waals surface area contributed by atoms with E-state index in [1.165, 1.54) is 17.8 Å². The smallest absolute Gasteiger partial charge is 0.269 e. The number of carbonyl (C=O) groups is 2. The first-order valence-electron chi connectivity index (χ1n) is 8.81. The van der Waals surface area contributed by atoms with E-state index >= 15 is 0 Å². The molecule has 0 atom stereocenters. The number of benzene rings is 1. The fourth-order valence-corrected chi connectivity index (χ4v) is 2.70. The first kappa shape index (κ1) is 19.2. The summed E-state index contributed by atoms with van der Waals surface area (Å²) < 4.78 is 1.53. The van der Waals surface area contributed by atoms with Crippen LogP contribution in [0.3, 0.4) is 0 Å². The number of hydrogen-bond acceptors (Lipinski definition) is 5. The van der Waals surface area contributed by atoms with Gasteiger partial charge in [0.05, 0.1) is 13.2 Å². The Bertz CT molecular complexity index is 969. The highest BCUT2D eigenvalue weighted by molar-refractivity contribution is 6.05. The van der Waals surface area contributed by atoms with Crippen molar-refractivity contribution in [2.75, 3.05) is 19.0 Å². The number of aliphatic hydroxyl groups is 1. The van der Waals surface area contributed by atoms with Crippen molar-refractivity contribution in [3.63, 3.8) is 0 Å². The van der Waals surface area contributed by atoms with E-state index in [0.717, 1.165) is 5.56 Å². The highest BCUT2D eigenvalue weighted by atomic mass is 16.3. The normalized spacial score (nSPS) is 10.5. The van der Waals surface area contributed by atoms with E-state index in [2.05, 4.69) is 20.7 Å². The number of anilines is 1. The highest BCUT2D eigenvalue weighted by Gasteiger charge is 2.15. The van der Waals surface area contributed by atoms with E-state index in [-0.39, 0.29) is 18.2 Å². The molecule has 0 aliphatic rings. The Labute approximate surface area is 162 Å². The van der Waals surface area contributed by atoms with Crippen LogP contribution in [0.2, 0.25) is 0 Å². The largest absolute Gasteiger partial charge is 0.394 e. The van der Waals surface area contributed by atoms with E-state index in [1.54, 1.807) is 18.3 Å². The lowest BCUT2D eigenvalue weighted by Gasteiger charge is -2.09. The topological polar surface area (TPSA) is 109 Å². The molecule has 3 aromatic rings. The zero-order chi connectivity index (χ0) is 19.9. The van der Waals surface area contributed by atoms with Crippen LogP contribution in [0, 0.1) is 0 Å². The Kier molecular flexibility index (Phi) is 6.13. The third-order valence-electron chi connectivity index (χ3n) is 4.04. The second-order valence-electron chi connectivity index (χ2n) is 6.12.